The number of ether oxygens (including phenoxy) is 2. The second-order valence-corrected chi connectivity index (χ2v) is 7.62. The van der Waals surface area contributed by atoms with Crippen molar-refractivity contribution < 1.29 is 14.3 Å². The second-order valence-electron chi connectivity index (χ2n) is 7.62. The summed E-state index contributed by atoms with van der Waals surface area (Å²) in [4.78, 5) is 16.2. The van der Waals surface area contributed by atoms with Gasteiger partial charge < -0.3 is 20.1 Å². The van der Waals surface area contributed by atoms with Gasteiger partial charge in [-0.15, -0.1) is 0 Å². The Bertz CT molecular complexity index is 765. The van der Waals surface area contributed by atoms with Gasteiger partial charge in [0.15, 0.2) is 0 Å². The van der Waals surface area contributed by atoms with E-state index in [9.17, 15) is 4.79 Å². The second kappa shape index (κ2) is 7.47. The highest BCUT2D eigenvalue weighted by molar-refractivity contribution is 5.74. The first-order valence-electron chi connectivity index (χ1n) is 9.38. The van der Waals surface area contributed by atoms with E-state index >= 15 is 0 Å². The van der Waals surface area contributed by atoms with Crippen molar-refractivity contribution in [2.24, 2.45) is 5.41 Å². The largest absolute Gasteiger partial charge is 0.497 e. The number of nitrogens with zero attached hydrogens (tertiary/aromatic N) is 1. The van der Waals surface area contributed by atoms with Crippen molar-refractivity contribution in [3.8, 4) is 11.5 Å². The first kappa shape index (κ1) is 17.6. The van der Waals surface area contributed by atoms with Crippen molar-refractivity contribution >= 4 is 6.03 Å². The van der Waals surface area contributed by atoms with Crippen LogP contribution in [0.2, 0.25) is 0 Å². The van der Waals surface area contributed by atoms with Crippen LogP contribution in [-0.4, -0.2) is 30.3 Å². The maximum atomic E-state index is 12.1. The molecule has 2 aliphatic carbocycles. The topological polar surface area (TPSA) is 72.5 Å². The van der Waals surface area contributed by atoms with E-state index in [1.54, 1.807) is 19.5 Å². The summed E-state index contributed by atoms with van der Waals surface area (Å²) in [6, 6.07) is 11.7. The predicted molar refractivity (Wildman–Crippen MR) is 102 cm³/mol. The zero-order chi connectivity index (χ0) is 18.7. The molecule has 1 aromatic heterocycles. The number of amides is 2. The molecule has 1 spiro atoms. The third kappa shape index (κ3) is 4.15. The van der Waals surface area contributed by atoms with Crippen LogP contribution in [0.3, 0.4) is 0 Å². The van der Waals surface area contributed by atoms with Gasteiger partial charge in [0, 0.05) is 18.8 Å². The Labute approximate surface area is 159 Å². The van der Waals surface area contributed by atoms with Gasteiger partial charge in [0.25, 0.3) is 0 Å². The fourth-order valence-electron chi connectivity index (χ4n) is 4.18. The van der Waals surface area contributed by atoms with Crippen LogP contribution in [0.15, 0.2) is 48.8 Å². The molecule has 2 aromatic rings. The van der Waals surface area contributed by atoms with Crippen molar-refractivity contribution in [1.29, 1.82) is 0 Å². The van der Waals surface area contributed by atoms with Gasteiger partial charge in [0.05, 0.1) is 19.4 Å². The molecule has 0 unspecified atom stereocenters. The summed E-state index contributed by atoms with van der Waals surface area (Å²) in [5, 5.41) is 5.99. The summed E-state index contributed by atoms with van der Waals surface area (Å²) in [6.07, 6.45) is 7.98. The Kier molecular flexibility index (Phi) is 4.88. The zero-order valence-corrected chi connectivity index (χ0v) is 15.5. The molecule has 2 fully saturated rings. The average molecular weight is 367 g/mol. The van der Waals surface area contributed by atoms with E-state index < -0.39 is 0 Å². The summed E-state index contributed by atoms with van der Waals surface area (Å²) >= 11 is 0. The Morgan fingerprint density at radius 2 is 1.93 bits per heavy atom. The van der Waals surface area contributed by atoms with Crippen molar-refractivity contribution in [3.63, 3.8) is 0 Å². The normalized spacial score (nSPS) is 25.8. The van der Waals surface area contributed by atoms with E-state index in [-0.39, 0.29) is 18.2 Å². The first-order valence-corrected chi connectivity index (χ1v) is 9.38. The molecule has 6 nitrogen and oxygen atoms in total. The van der Waals surface area contributed by atoms with Crippen LogP contribution < -0.4 is 20.1 Å². The quantitative estimate of drug-likeness (QED) is 0.822. The van der Waals surface area contributed by atoms with Gasteiger partial charge >= 0.3 is 6.03 Å². The molecule has 1 aromatic carbocycles. The molecule has 4 rings (SSSR count). The molecule has 2 N–H and O–H groups in total. The molecular formula is C21H25N3O3. The Morgan fingerprint density at radius 1 is 1.15 bits per heavy atom. The molecule has 6 heteroatoms. The van der Waals surface area contributed by atoms with Gasteiger partial charge in [-0.3, -0.25) is 4.98 Å². The minimum Gasteiger partial charge on any atom is -0.497 e. The van der Waals surface area contributed by atoms with Crippen molar-refractivity contribution in [2.75, 3.05) is 7.11 Å². The average Bonchev–Trinajstić information content (AvgIpc) is 2.64. The summed E-state index contributed by atoms with van der Waals surface area (Å²) in [6.45, 7) is 0.509. The Balaban J connectivity index is 1.14. The van der Waals surface area contributed by atoms with E-state index in [1.807, 2.05) is 36.4 Å². The summed E-state index contributed by atoms with van der Waals surface area (Å²) in [7, 11) is 1.64. The van der Waals surface area contributed by atoms with E-state index in [0.717, 1.165) is 42.7 Å². The summed E-state index contributed by atoms with van der Waals surface area (Å²) in [5.74, 6) is 1.65. The molecule has 0 aliphatic heterocycles. The van der Waals surface area contributed by atoms with Crippen LogP contribution in [0.25, 0.3) is 0 Å². The number of aromatic nitrogens is 1. The molecule has 0 saturated heterocycles. The number of methoxy groups -OCH3 is 1. The molecule has 142 valence electrons. The maximum Gasteiger partial charge on any atom is 0.315 e. The van der Waals surface area contributed by atoms with Crippen molar-refractivity contribution in [1.82, 2.24) is 15.6 Å². The van der Waals surface area contributed by atoms with Gasteiger partial charge in [-0.05, 0) is 60.9 Å². The standard InChI is InChI=1S/C21H25N3O3/c1-26-17-6-4-15(5-7-17)13-23-20(25)24-16-9-21(10-16)11-19(12-21)27-18-3-2-8-22-14-18/h2-8,14,16,19H,9-13H2,1H3,(H2,23,24,25). The van der Waals surface area contributed by atoms with Crippen LogP contribution in [0, 0.1) is 5.41 Å². The number of nitrogens with one attached hydrogen (secondary N) is 2. The molecule has 27 heavy (non-hydrogen) atoms. The van der Waals surface area contributed by atoms with Gasteiger partial charge in [-0.1, -0.05) is 12.1 Å². The number of rotatable bonds is 6. The van der Waals surface area contributed by atoms with Crippen LogP contribution in [0.1, 0.15) is 31.2 Å². The number of carbonyl (C=O) groups is 1. The Hall–Kier alpha value is -2.76. The molecule has 0 bridgehead atoms. The highest BCUT2D eigenvalue weighted by Gasteiger charge is 2.54. The minimum absolute atomic E-state index is 0.104. The predicted octanol–water partition coefficient (Wildman–Crippen LogP) is 3.28. The van der Waals surface area contributed by atoms with E-state index in [1.165, 1.54) is 0 Å². The lowest BCUT2D eigenvalue weighted by atomic mass is 9.53. The zero-order valence-electron chi connectivity index (χ0n) is 15.5. The third-order valence-electron chi connectivity index (χ3n) is 5.56. The molecule has 2 saturated carbocycles. The molecule has 0 atom stereocenters. The lowest BCUT2D eigenvalue weighted by Gasteiger charge is -2.57. The fraction of sp³-hybridized carbons (Fsp3) is 0.429. The number of carbonyl (C=O) groups excluding carboxylic acids is 1. The highest BCUT2D eigenvalue weighted by Crippen LogP contribution is 2.56. The molecule has 2 aliphatic rings. The number of pyridine rings is 1. The van der Waals surface area contributed by atoms with E-state index in [0.29, 0.717) is 12.0 Å². The van der Waals surface area contributed by atoms with Crippen LogP contribution in [0.5, 0.6) is 11.5 Å². The molecular weight excluding hydrogens is 342 g/mol. The van der Waals surface area contributed by atoms with Crippen LogP contribution in [-0.2, 0) is 6.54 Å². The summed E-state index contributed by atoms with van der Waals surface area (Å²) < 4.78 is 11.1. The van der Waals surface area contributed by atoms with Crippen LogP contribution in [0.4, 0.5) is 4.79 Å². The smallest absolute Gasteiger partial charge is 0.315 e. The monoisotopic (exact) mass is 367 g/mol. The molecule has 1 heterocycles. The van der Waals surface area contributed by atoms with Gasteiger partial charge in [0.1, 0.15) is 11.5 Å². The lowest BCUT2D eigenvalue weighted by molar-refractivity contribution is -0.0829. The lowest BCUT2D eigenvalue weighted by Crippen LogP contribution is -2.59. The van der Waals surface area contributed by atoms with Gasteiger partial charge in [-0.2, -0.15) is 0 Å². The number of benzene rings is 1. The van der Waals surface area contributed by atoms with E-state index in [4.69, 9.17) is 9.47 Å². The molecule has 2 amide bonds. The number of hydrogen-bond acceptors (Lipinski definition) is 4. The molecule has 0 radical (unpaired) electrons. The highest BCUT2D eigenvalue weighted by atomic mass is 16.5. The van der Waals surface area contributed by atoms with Crippen molar-refractivity contribution in [2.45, 2.75) is 44.4 Å². The van der Waals surface area contributed by atoms with E-state index in [2.05, 4.69) is 15.6 Å². The van der Waals surface area contributed by atoms with Gasteiger partial charge in [0.2, 0.25) is 0 Å². The maximum absolute atomic E-state index is 12.1. The minimum atomic E-state index is -0.104. The number of hydrogen-bond donors (Lipinski definition) is 2. The first-order chi connectivity index (χ1) is 13.1. The Morgan fingerprint density at radius 3 is 2.59 bits per heavy atom. The van der Waals surface area contributed by atoms with Crippen LogP contribution >= 0.6 is 0 Å². The SMILES string of the molecule is COc1ccc(CNC(=O)NC2CC3(C2)CC(Oc2cccnc2)C3)cc1. The number of urea groups is 1. The fourth-order valence-corrected chi connectivity index (χ4v) is 4.18. The van der Waals surface area contributed by atoms with Gasteiger partial charge in [-0.25, -0.2) is 4.79 Å². The van der Waals surface area contributed by atoms with Crippen molar-refractivity contribution in [3.05, 3.63) is 54.4 Å². The summed E-state index contributed by atoms with van der Waals surface area (Å²) in [5.41, 5.74) is 1.41. The third-order valence-corrected chi connectivity index (χ3v) is 5.56.